The van der Waals surface area contributed by atoms with E-state index in [4.69, 9.17) is 17.0 Å². The number of carbonyl (C=O) groups is 2. The van der Waals surface area contributed by atoms with E-state index < -0.39 is 0 Å². The third-order valence-corrected chi connectivity index (χ3v) is 7.44. The number of ether oxygens (including phenoxy) is 1. The molecule has 1 aromatic heterocycles. The van der Waals surface area contributed by atoms with Gasteiger partial charge in [-0.25, -0.2) is 4.79 Å². The molecule has 3 N–H and O–H groups in total. The van der Waals surface area contributed by atoms with Crippen LogP contribution in [0.4, 0.5) is 5.00 Å². The van der Waals surface area contributed by atoms with Gasteiger partial charge in [0.1, 0.15) is 5.00 Å². The van der Waals surface area contributed by atoms with Crippen molar-refractivity contribution in [1.29, 1.82) is 0 Å². The number of rotatable bonds is 6. The largest absolute Gasteiger partial charge is 0.465 e. The van der Waals surface area contributed by atoms with Crippen LogP contribution in [0, 0.1) is 12.8 Å². The van der Waals surface area contributed by atoms with Gasteiger partial charge in [0.05, 0.1) is 18.4 Å². The van der Waals surface area contributed by atoms with Crippen LogP contribution in [-0.2, 0) is 28.1 Å². The minimum absolute atomic E-state index is 0.172. The molecule has 1 aromatic carbocycles. The SMILES string of the molecule is COC(=O)c1c(NC(=S)NNC(=O)CSCc2ccc(C)cc2)sc2c1CCC(C)C2. The number of amides is 1. The zero-order valence-corrected chi connectivity index (χ0v) is 20.3. The van der Waals surface area contributed by atoms with E-state index in [9.17, 15) is 9.59 Å². The fourth-order valence-corrected chi connectivity index (χ4v) is 5.81. The van der Waals surface area contributed by atoms with Crippen LogP contribution in [-0.4, -0.2) is 29.9 Å². The van der Waals surface area contributed by atoms with E-state index >= 15 is 0 Å². The van der Waals surface area contributed by atoms with Gasteiger partial charge in [0.2, 0.25) is 5.91 Å². The average Bonchev–Trinajstić information content (AvgIpc) is 3.09. The molecule has 6 nitrogen and oxygen atoms in total. The van der Waals surface area contributed by atoms with Gasteiger partial charge in [-0.05, 0) is 55.4 Å². The lowest BCUT2D eigenvalue weighted by molar-refractivity contribution is -0.119. The van der Waals surface area contributed by atoms with Gasteiger partial charge >= 0.3 is 5.97 Å². The quantitative estimate of drug-likeness (QED) is 0.327. The predicted molar refractivity (Wildman–Crippen MR) is 132 cm³/mol. The molecule has 0 bridgehead atoms. The number of thiocarbonyl (C=S) groups is 1. The van der Waals surface area contributed by atoms with Crippen molar-refractivity contribution in [3.63, 3.8) is 0 Å². The van der Waals surface area contributed by atoms with E-state index in [0.29, 0.717) is 22.2 Å². The van der Waals surface area contributed by atoms with Crippen LogP contribution < -0.4 is 16.2 Å². The number of thiophene rings is 1. The maximum Gasteiger partial charge on any atom is 0.341 e. The third kappa shape index (κ3) is 6.44. The number of hydrazine groups is 1. The van der Waals surface area contributed by atoms with E-state index in [1.807, 2.05) is 6.92 Å². The molecular weight excluding hydrogens is 450 g/mol. The minimum Gasteiger partial charge on any atom is -0.465 e. The summed E-state index contributed by atoms with van der Waals surface area (Å²) in [7, 11) is 1.38. The second-order valence-electron chi connectivity index (χ2n) is 7.65. The first kappa shape index (κ1) is 23.6. The maximum atomic E-state index is 12.4. The molecule has 31 heavy (non-hydrogen) atoms. The lowest BCUT2D eigenvalue weighted by Gasteiger charge is -2.18. The van der Waals surface area contributed by atoms with Crippen molar-refractivity contribution in [2.45, 2.75) is 38.9 Å². The molecule has 166 valence electrons. The number of methoxy groups -OCH3 is 1. The Hall–Kier alpha value is -2.10. The van der Waals surface area contributed by atoms with Gasteiger partial charge in [-0.1, -0.05) is 36.8 Å². The number of hydrogen-bond acceptors (Lipinski definition) is 6. The van der Waals surface area contributed by atoms with Crippen LogP contribution in [0.5, 0.6) is 0 Å². The number of thioether (sulfide) groups is 1. The van der Waals surface area contributed by atoms with Crippen molar-refractivity contribution < 1.29 is 14.3 Å². The molecule has 3 rings (SSSR count). The van der Waals surface area contributed by atoms with Crippen LogP contribution in [0.1, 0.15) is 45.3 Å². The van der Waals surface area contributed by atoms with Gasteiger partial charge in [0, 0.05) is 10.6 Å². The summed E-state index contributed by atoms with van der Waals surface area (Å²) >= 11 is 8.37. The first-order valence-corrected chi connectivity index (χ1v) is 12.5. The van der Waals surface area contributed by atoms with Gasteiger partial charge in [0.15, 0.2) is 5.11 Å². The van der Waals surface area contributed by atoms with Crippen molar-refractivity contribution in [2.24, 2.45) is 5.92 Å². The summed E-state index contributed by atoms with van der Waals surface area (Å²) in [6, 6.07) is 8.26. The maximum absolute atomic E-state index is 12.4. The Balaban J connectivity index is 1.50. The Morgan fingerprint density at radius 3 is 2.71 bits per heavy atom. The molecule has 2 aromatic rings. The van der Waals surface area contributed by atoms with E-state index in [2.05, 4.69) is 47.4 Å². The van der Waals surface area contributed by atoms with Gasteiger partial charge in [-0.2, -0.15) is 0 Å². The molecule has 0 fully saturated rings. The van der Waals surface area contributed by atoms with Gasteiger partial charge < -0.3 is 10.1 Å². The topological polar surface area (TPSA) is 79.5 Å². The number of esters is 1. The first-order valence-electron chi connectivity index (χ1n) is 10.1. The van der Waals surface area contributed by atoms with Crippen LogP contribution >= 0.6 is 35.3 Å². The van der Waals surface area contributed by atoms with Crippen molar-refractivity contribution in [2.75, 3.05) is 18.2 Å². The van der Waals surface area contributed by atoms with Crippen LogP contribution in [0.2, 0.25) is 0 Å². The second-order valence-corrected chi connectivity index (χ2v) is 10.2. The number of nitrogens with one attached hydrogen (secondary N) is 3. The summed E-state index contributed by atoms with van der Waals surface area (Å²) < 4.78 is 4.99. The first-order chi connectivity index (χ1) is 14.9. The molecule has 0 aliphatic heterocycles. The highest BCUT2D eigenvalue weighted by Crippen LogP contribution is 2.39. The molecule has 1 aliphatic carbocycles. The number of carbonyl (C=O) groups excluding carboxylic acids is 2. The number of fused-ring (bicyclic) bond motifs is 1. The Labute approximate surface area is 196 Å². The number of aryl methyl sites for hydroxylation is 1. The molecule has 1 amide bonds. The molecule has 1 unspecified atom stereocenters. The summed E-state index contributed by atoms with van der Waals surface area (Å²) in [6.45, 7) is 4.26. The van der Waals surface area contributed by atoms with Crippen LogP contribution in [0.25, 0.3) is 0 Å². The van der Waals surface area contributed by atoms with Gasteiger partial charge in [-0.3, -0.25) is 15.6 Å². The zero-order valence-electron chi connectivity index (χ0n) is 17.9. The molecular formula is C22H27N3O3S3. The van der Waals surface area contributed by atoms with Crippen molar-refractivity contribution in [3.05, 3.63) is 51.4 Å². The molecule has 0 radical (unpaired) electrons. The molecule has 1 heterocycles. The predicted octanol–water partition coefficient (Wildman–Crippen LogP) is 4.22. The Morgan fingerprint density at radius 1 is 1.26 bits per heavy atom. The number of benzene rings is 1. The second kappa shape index (κ2) is 11.0. The van der Waals surface area contributed by atoms with Crippen molar-refractivity contribution in [3.8, 4) is 0 Å². The van der Waals surface area contributed by atoms with E-state index in [-0.39, 0.29) is 17.0 Å². The molecule has 1 atom stereocenters. The number of anilines is 1. The third-order valence-electron chi connectivity index (χ3n) is 5.07. The summed E-state index contributed by atoms with van der Waals surface area (Å²) in [6.07, 6.45) is 2.85. The molecule has 0 saturated heterocycles. The monoisotopic (exact) mass is 477 g/mol. The fraction of sp³-hybridized carbons (Fsp3) is 0.409. The normalized spacial score (nSPS) is 15.0. The van der Waals surface area contributed by atoms with Gasteiger partial charge in [0.25, 0.3) is 0 Å². The highest BCUT2D eigenvalue weighted by molar-refractivity contribution is 7.99. The molecule has 9 heteroatoms. The Morgan fingerprint density at radius 2 is 2.00 bits per heavy atom. The minimum atomic E-state index is -0.367. The van der Waals surface area contributed by atoms with Crippen LogP contribution in [0.15, 0.2) is 24.3 Å². The smallest absolute Gasteiger partial charge is 0.341 e. The molecule has 0 spiro atoms. The van der Waals surface area contributed by atoms with Gasteiger partial charge in [-0.15, -0.1) is 23.1 Å². The van der Waals surface area contributed by atoms with Crippen LogP contribution in [0.3, 0.4) is 0 Å². The van der Waals surface area contributed by atoms with E-state index in [0.717, 1.165) is 30.6 Å². The number of hydrogen-bond donors (Lipinski definition) is 3. The Kier molecular flexibility index (Phi) is 8.34. The lowest BCUT2D eigenvalue weighted by Crippen LogP contribution is -2.44. The zero-order chi connectivity index (χ0) is 22.4. The fourth-order valence-electron chi connectivity index (χ4n) is 3.40. The average molecular weight is 478 g/mol. The van der Waals surface area contributed by atoms with Crippen molar-refractivity contribution >= 4 is 57.3 Å². The molecule has 1 aliphatic rings. The summed E-state index contributed by atoms with van der Waals surface area (Å²) in [5, 5.41) is 3.95. The highest BCUT2D eigenvalue weighted by atomic mass is 32.2. The van der Waals surface area contributed by atoms with E-state index in [1.165, 1.54) is 46.2 Å². The Bertz CT molecular complexity index is 957. The summed E-state index contributed by atoms with van der Waals surface area (Å²) in [4.78, 5) is 25.7. The highest BCUT2D eigenvalue weighted by Gasteiger charge is 2.28. The molecule has 0 saturated carbocycles. The lowest BCUT2D eigenvalue weighted by atomic mass is 9.88. The standard InChI is InChI=1S/C22H27N3O3S3/c1-13-4-7-15(8-5-13)11-30-12-18(26)24-25-22(29)23-20-19(21(27)28-3)16-9-6-14(2)10-17(16)31-20/h4-5,7-8,14H,6,9-12H2,1-3H3,(H,24,26)(H2,23,25,29). The van der Waals surface area contributed by atoms with E-state index in [1.54, 1.807) is 0 Å². The summed E-state index contributed by atoms with van der Waals surface area (Å²) in [5.41, 5.74) is 9.33. The van der Waals surface area contributed by atoms with Crippen molar-refractivity contribution in [1.82, 2.24) is 10.9 Å². The summed E-state index contributed by atoms with van der Waals surface area (Å²) in [5.74, 6) is 1.12.